The fraction of sp³-hybridized carbons (Fsp3) is 0.333. The van der Waals surface area contributed by atoms with Crippen molar-refractivity contribution in [3.8, 4) is 17.2 Å². The molecule has 6 aromatic rings. The van der Waals surface area contributed by atoms with Crippen molar-refractivity contribution >= 4 is 42.8 Å². The minimum Gasteiger partial charge on any atom is -0.487 e. The average Bonchev–Trinajstić information content (AvgIpc) is 3.62. The van der Waals surface area contributed by atoms with Gasteiger partial charge in [-0.2, -0.15) is 8.78 Å². The van der Waals surface area contributed by atoms with Crippen LogP contribution in [0.25, 0.3) is 0 Å². The number of amides is 3. The van der Waals surface area contributed by atoms with E-state index in [2.05, 4.69) is 31.4 Å². The lowest BCUT2D eigenvalue weighted by molar-refractivity contribution is -0.140. The Morgan fingerprint density at radius 1 is 0.595 bits per heavy atom. The first-order valence-electron chi connectivity index (χ1n) is 25.5. The van der Waals surface area contributed by atoms with Crippen LogP contribution in [0.4, 0.5) is 31.5 Å². The highest BCUT2D eigenvalue weighted by Crippen LogP contribution is 2.38. The van der Waals surface area contributed by atoms with Crippen molar-refractivity contribution in [1.82, 2.24) is 15.5 Å². The van der Waals surface area contributed by atoms with Gasteiger partial charge >= 0.3 is 18.2 Å². The molecule has 6 aromatic carbocycles. The van der Waals surface area contributed by atoms with Crippen LogP contribution in [0.2, 0.25) is 5.04 Å². The van der Waals surface area contributed by atoms with E-state index in [4.69, 9.17) is 28.1 Å². The molecule has 3 amide bonds. The van der Waals surface area contributed by atoms with Crippen LogP contribution in [-0.2, 0) is 43.1 Å². The predicted molar refractivity (Wildman–Crippen MR) is 290 cm³/mol. The number of ether oxygens (including phenoxy) is 5. The molecule has 0 bridgehead atoms. The number of esters is 1. The number of hydrogen-bond acceptors (Lipinski definition) is 10. The van der Waals surface area contributed by atoms with E-state index < -0.39 is 108 Å². The van der Waals surface area contributed by atoms with Gasteiger partial charge in [0.1, 0.15) is 37.5 Å². The maximum Gasteiger partial charge on any atom is 0.410 e. The highest BCUT2D eigenvalue weighted by molar-refractivity contribution is 6.99. The third-order valence-corrected chi connectivity index (χ3v) is 17.6. The Balaban J connectivity index is 1.41. The molecule has 0 spiro atoms. The molecule has 0 radical (unpaired) electrons. The van der Waals surface area contributed by atoms with Crippen LogP contribution in [0.1, 0.15) is 72.1 Å². The summed E-state index contributed by atoms with van der Waals surface area (Å²) in [4.78, 5) is 56.1. The minimum atomic E-state index is -3.28. The smallest absolute Gasteiger partial charge is 0.410 e. The molecule has 0 fully saturated rings. The molecule has 0 aliphatic carbocycles. The lowest BCUT2D eigenvalue weighted by atomic mass is 10.0. The van der Waals surface area contributed by atoms with Gasteiger partial charge in [-0.15, -0.1) is 0 Å². The highest BCUT2D eigenvalue weighted by atomic mass is 28.4. The van der Waals surface area contributed by atoms with Crippen molar-refractivity contribution in [2.45, 2.75) is 104 Å². The summed E-state index contributed by atoms with van der Waals surface area (Å²) in [6, 6.07) is 37.9. The summed E-state index contributed by atoms with van der Waals surface area (Å²) in [5.74, 6) is -16.2. The lowest BCUT2D eigenvalue weighted by Gasteiger charge is -2.43. The Bertz CT molecular complexity index is 2950. The molecule has 3 atom stereocenters. The van der Waals surface area contributed by atoms with E-state index in [1.807, 2.05) is 91.0 Å². The maximum absolute atomic E-state index is 15.0. The Labute approximate surface area is 458 Å². The second-order valence-corrected chi connectivity index (χ2v) is 25.4. The van der Waals surface area contributed by atoms with Crippen molar-refractivity contribution in [2.24, 2.45) is 5.92 Å². The van der Waals surface area contributed by atoms with Crippen LogP contribution in [0, 0.1) is 35.0 Å². The second kappa shape index (κ2) is 26.7. The van der Waals surface area contributed by atoms with Crippen molar-refractivity contribution in [1.29, 1.82) is 0 Å². The Kier molecular flexibility index (Phi) is 20.4. The summed E-state index contributed by atoms with van der Waals surface area (Å²) in [5, 5.41) is 7.18. The quantitative estimate of drug-likeness (QED) is 0.0168. The summed E-state index contributed by atoms with van der Waals surface area (Å²) < 4.78 is 109. The standard InChI is InChI=1S/C60H66F5N3O10Si/c1-38(2)53(67-57(71)78-59(3,4)5)55(69)66-42(37-76-79(60(6,7)8,43-26-18-12-19-27-43)44-28-20-13-21-29-44)36-74-47-33-41(30-31-46(47)73-34-39-22-14-10-15-23-39)32-45(68(9)58(72)75-35-40-24-16-11-17-25-40)56(70)77-54-51(64)49(62)48(61)50(63)52(54)65/h10-31,33,38,42,45,53H,32,34-37H2,1-9H3,(H,66,69)(H,67,71)/t42-,45+,53+/m1/s1. The zero-order valence-electron chi connectivity index (χ0n) is 45.5. The molecule has 79 heavy (non-hydrogen) atoms. The van der Waals surface area contributed by atoms with E-state index in [1.165, 1.54) is 18.2 Å². The number of nitrogens with one attached hydrogen (secondary N) is 2. The number of nitrogens with zero attached hydrogens (tertiary/aromatic N) is 1. The molecule has 13 nitrogen and oxygen atoms in total. The normalized spacial score (nSPS) is 12.9. The van der Waals surface area contributed by atoms with Crippen LogP contribution >= 0.6 is 0 Å². The lowest BCUT2D eigenvalue weighted by Crippen LogP contribution is -2.67. The summed E-state index contributed by atoms with van der Waals surface area (Å²) in [6.07, 6.45) is -2.42. The fourth-order valence-electron chi connectivity index (χ4n) is 8.61. The first-order valence-corrected chi connectivity index (χ1v) is 27.4. The Hall–Kier alpha value is -7.77. The van der Waals surface area contributed by atoms with Crippen LogP contribution in [0.5, 0.6) is 17.2 Å². The molecular formula is C60H66F5N3O10Si. The van der Waals surface area contributed by atoms with Crippen LogP contribution in [-0.4, -0.2) is 81.3 Å². The SMILES string of the molecule is CC(C)[C@H](NC(=O)OC(C)(C)C)C(=O)N[C@H](COc1cc(C[C@@H](C(=O)Oc2c(F)c(F)c(F)c(F)c2F)N(C)C(=O)OCc2ccccc2)ccc1OCc1ccccc1)CO[Si](c1ccccc1)(c1ccccc1)C(C)(C)C. The monoisotopic (exact) mass is 1110 g/mol. The molecule has 0 aromatic heterocycles. The summed E-state index contributed by atoms with van der Waals surface area (Å²) in [7, 11) is -2.14. The van der Waals surface area contributed by atoms with Gasteiger partial charge in [-0.3, -0.25) is 9.69 Å². The third kappa shape index (κ3) is 15.7. The molecule has 6 rings (SSSR count). The van der Waals surface area contributed by atoms with Gasteiger partial charge < -0.3 is 38.7 Å². The van der Waals surface area contributed by atoms with E-state index >= 15 is 8.78 Å². The Morgan fingerprint density at radius 2 is 1.10 bits per heavy atom. The van der Waals surface area contributed by atoms with Gasteiger partial charge in [0.2, 0.25) is 40.7 Å². The molecule has 0 aliphatic rings. The van der Waals surface area contributed by atoms with Crippen LogP contribution < -0.4 is 35.2 Å². The molecule has 2 N–H and O–H groups in total. The number of halogens is 5. The molecule has 0 unspecified atom stereocenters. The van der Waals surface area contributed by atoms with E-state index in [1.54, 1.807) is 65.0 Å². The molecule has 19 heteroatoms. The first-order chi connectivity index (χ1) is 37.4. The molecular weight excluding hydrogens is 1050 g/mol. The molecule has 0 saturated carbocycles. The van der Waals surface area contributed by atoms with Crippen LogP contribution in [0.15, 0.2) is 140 Å². The number of rotatable bonds is 22. The fourth-order valence-corrected chi connectivity index (χ4v) is 13.2. The van der Waals surface area contributed by atoms with Gasteiger partial charge in [0.05, 0.1) is 12.6 Å². The van der Waals surface area contributed by atoms with Gasteiger partial charge in [-0.1, -0.05) is 162 Å². The molecule has 0 saturated heterocycles. The number of carbonyl (C=O) groups excluding carboxylic acids is 4. The number of likely N-dealkylation sites (N-methyl/N-ethyl adjacent to an activating group) is 1. The maximum atomic E-state index is 15.0. The number of alkyl carbamates (subject to hydrolysis) is 1. The zero-order valence-corrected chi connectivity index (χ0v) is 46.5. The second-order valence-electron chi connectivity index (χ2n) is 21.1. The van der Waals surface area contributed by atoms with Crippen molar-refractivity contribution in [3.63, 3.8) is 0 Å². The minimum absolute atomic E-state index is 0.0478. The topological polar surface area (TPSA) is 151 Å². The summed E-state index contributed by atoms with van der Waals surface area (Å²) in [6.45, 7) is 14.3. The van der Waals surface area contributed by atoms with Crippen molar-refractivity contribution in [3.05, 3.63) is 185 Å². The molecule has 420 valence electrons. The van der Waals surface area contributed by atoms with Gasteiger partial charge in [-0.25, -0.2) is 27.6 Å². The summed E-state index contributed by atoms with van der Waals surface area (Å²) in [5.41, 5.74) is 0.707. The Morgan fingerprint density at radius 3 is 1.61 bits per heavy atom. The molecule has 0 heterocycles. The first kappa shape index (κ1) is 60.5. The van der Waals surface area contributed by atoms with Crippen molar-refractivity contribution < 1.29 is 69.2 Å². The van der Waals surface area contributed by atoms with E-state index in [9.17, 15) is 32.3 Å². The van der Waals surface area contributed by atoms with Crippen molar-refractivity contribution in [2.75, 3.05) is 20.3 Å². The zero-order chi connectivity index (χ0) is 57.7. The van der Waals surface area contributed by atoms with Gasteiger partial charge in [-0.05, 0) is 70.9 Å². The summed E-state index contributed by atoms with van der Waals surface area (Å²) >= 11 is 0. The number of benzene rings is 6. The van der Waals surface area contributed by atoms with E-state index in [-0.39, 0.29) is 43.5 Å². The average molecular weight is 1110 g/mol. The van der Waals surface area contributed by atoms with E-state index in [0.717, 1.165) is 27.9 Å². The largest absolute Gasteiger partial charge is 0.487 e. The van der Waals surface area contributed by atoms with Crippen LogP contribution in [0.3, 0.4) is 0 Å². The van der Waals surface area contributed by atoms with Gasteiger partial charge in [0.25, 0.3) is 8.32 Å². The third-order valence-electron chi connectivity index (χ3n) is 12.6. The number of carbonyl (C=O) groups is 4. The number of hydrogen-bond donors (Lipinski definition) is 2. The van der Waals surface area contributed by atoms with E-state index in [0.29, 0.717) is 5.56 Å². The van der Waals surface area contributed by atoms with Gasteiger partial charge in [0, 0.05) is 13.5 Å². The predicted octanol–water partition coefficient (Wildman–Crippen LogP) is 10.7. The molecule has 0 aliphatic heterocycles. The highest BCUT2D eigenvalue weighted by Gasteiger charge is 2.50. The van der Waals surface area contributed by atoms with Gasteiger partial charge in [0.15, 0.2) is 11.5 Å².